The van der Waals surface area contributed by atoms with Crippen molar-refractivity contribution in [1.29, 1.82) is 0 Å². The first-order valence-electron chi connectivity index (χ1n) is 11.8. The molecule has 5 atom stereocenters. The van der Waals surface area contributed by atoms with Crippen molar-refractivity contribution in [3.8, 4) is 0 Å². The van der Waals surface area contributed by atoms with E-state index in [9.17, 15) is 34.2 Å². The molecule has 2 aromatic rings. The number of nitrogens with two attached hydrogens (primary N) is 2. The minimum atomic E-state index is -1.54. The van der Waals surface area contributed by atoms with E-state index in [-0.39, 0.29) is 6.42 Å². The number of benzene rings is 1. The van der Waals surface area contributed by atoms with Gasteiger partial charge in [-0.2, -0.15) is 0 Å². The van der Waals surface area contributed by atoms with Gasteiger partial charge in [0.05, 0.1) is 19.1 Å². The molecule has 0 bridgehead atoms. The second kappa shape index (κ2) is 13.4. The monoisotopic (exact) mass is 518 g/mol. The van der Waals surface area contributed by atoms with Gasteiger partial charge in [-0.25, -0.2) is 4.79 Å². The van der Waals surface area contributed by atoms with E-state index in [1.807, 2.05) is 24.3 Å². The first kappa shape index (κ1) is 29.3. The molecule has 0 aliphatic rings. The minimum absolute atomic E-state index is 0.134. The molecule has 5 unspecified atom stereocenters. The Morgan fingerprint density at radius 1 is 1.00 bits per heavy atom. The number of carboxylic acid groups (broad SMARTS) is 1. The highest BCUT2D eigenvalue weighted by Crippen LogP contribution is 2.18. The largest absolute Gasteiger partial charge is 0.480 e. The Morgan fingerprint density at radius 2 is 1.62 bits per heavy atom. The lowest BCUT2D eigenvalue weighted by atomic mass is 9.99. The van der Waals surface area contributed by atoms with Crippen molar-refractivity contribution in [3.63, 3.8) is 0 Å². The lowest BCUT2D eigenvalue weighted by molar-refractivity contribution is -0.144. The number of nitrogens with one attached hydrogen (secondary N) is 4. The van der Waals surface area contributed by atoms with Crippen molar-refractivity contribution >= 4 is 40.5 Å². The predicted molar refractivity (Wildman–Crippen MR) is 134 cm³/mol. The predicted octanol–water partition coefficient (Wildman–Crippen LogP) is -1.51. The molecule has 0 aliphatic heterocycles. The van der Waals surface area contributed by atoms with Gasteiger partial charge in [-0.3, -0.25) is 19.2 Å². The number of hydrogen-bond acceptors (Lipinski definition) is 7. The fourth-order valence-electron chi connectivity index (χ4n) is 3.72. The molecule has 0 spiro atoms. The quantitative estimate of drug-likeness (QED) is 0.146. The van der Waals surface area contributed by atoms with E-state index in [4.69, 9.17) is 11.5 Å². The number of aliphatic carboxylic acids is 1. The van der Waals surface area contributed by atoms with Crippen LogP contribution in [-0.4, -0.2) is 75.6 Å². The molecular formula is C24H34N6O7. The van der Waals surface area contributed by atoms with Gasteiger partial charge in [0.15, 0.2) is 0 Å². The van der Waals surface area contributed by atoms with Gasteiger partial charge >= 0.3 is 5.97 Å². The third-order valence-electron chi connectivity index (χ3n) is 6.08. The van der Waals surface area contributed by atoms with E-state index in [0.717, 1.165) is 16.5 Å². The summed E-state index contributed by atoms with van der Waals surface area (Å²) in [7, 11) is 0. The van der Waals surface area contributed by atoms with Gasteiger partial charge in [0, 0.05) is 17.1 Å². The standard InChI is InChI=1S/C24H34N6O7/c1-3-12(2)20(24(36)37)30-23(35)18(11-31)29-22(34)17(9-19(26)32)28-21(33)15(25)8-13-10-27-16-7-5-4-6-14(13)16/h4-7,10,12,15,17-18,20,27,31H,3,8-9,11,25H2,1-2H3,(H2,26,32)(H,28,33)(H,29,34)(H,30,35)(H,36,37). The summed E-state index contributed by atoms with van der Waals surface area (Å²) in [4.78, 5) is 64.2. The summed E-state index contributed by atoms with van der Waals surface area (Å²) >= 11 is 0. The van der Waals surface area contributed by atoms with Gasteiger partial charge in [0.2, 0.25) is 23.6 Å². The summed E-state index contributed by atoms with van der Waals surface area (Å²) in [5.74, 6) is -5.25. The van der Waals surface area contributed by atoms with E-state index in [1.165, 1.54) is 0 Å². The van der Waals surface area contributed by atoms with Crippen LogP contribution in [0.5, 0.6) is 0 Å². The molecular weight excluding hydrogens is 484 g/mol. The number of amides is 4. The van der Waals surface area contributed by atoms with Gasteiger partial charge < -0.3 is 42.6 Å². The maximum Gasteiger partial charge on any atom is 0.326 e. The Kier molecular flexibility index (Phi) is 10.6. The molecule has 0 saturated carbocycles. The SMILES string of the molecule is CCC(C)C(NC(=O)C(CO)NC(=O)C(CC(N)=O)NC(=O)C(N)Cc1c[nH]c2ccccc12)C(=O)O. The molecule has 0 saturated heterocycles. The number of aromatic nitrogens is 1. The average Bonchev–Trinajstić information content (AvgIpc) is 3.26. The molecule has 0 radical (unpaired) electrons. The number of H-pyrrole nitrogens is 1. The number of carbonyl (C=O) groups excluding carboxylic acids is 4. The molecule has 1 aromatic heterocycles. The molecule has 202 valence electrons. The lowest BCUT2D eigenvalue weighted by Crippen LogP contribution is -2.59. The number of aliphatic hydroxyl groups is 1. The van der Waals surface area contributed by atoms with Crippen LogP contribution in [0.2, 0.25) is 0 Å². The van der Waals surface area contributed by atoms with Crippen LogP contribution in [0, 0.1) is 5.92 Å². The highest BCUT2D eigenvalue weighted by atomic mass is 16.4. The second-order valence-corrected chi connectivity index (χ2v) is 8.86. The minimum Gasteiger partial charge on any atom is -0.480 e. The van der Waals surface area contributed by atoms with Crippen LogP contribution in [-0.2, 0) is 30.4 Å². The zero-order chi connectivity index (χ0) is 27.7. The first-order valence-corrected chi connectivity index (χ1v) is 11.8. The number of hydrogen-bond donors (Lipinski definition) is 8. The van der Waals surface area contributed by atoms with Gasteiger partial charge in [0.1, 0.15) is 18.1 Å². The van der Waals surface area contributed by atoms with Crippen molar-refractivity contribution < 1.29 is 34.2 Å². The fraction of sp³-hybridized carbons (Fsp3) is 0.458. The molecule has 0 aliphatic carbocycles. The Labute approximate surface area is 213 Å². The van der Waals surface area contributed by atoms with Gasteiger partial charge in [-0.15, -0.1) is 0 Å². The highest BCUT2D eigenvalue weighted by molar-refractivity contribution is 5.96. The summed E-state index contributed by atoms with van der Waals surface area (Å²) in [6.07, 6.45) is 1.72. The lowest BCUT2D eigenvalue weighted by Gasteiger charge is -2.25. The van der Waals surface area contributed by atoms with Crippen molar-refractivity contribution in [2.75, 3.05) is 6.61 Å². The summed E-state index contributed by atoms with van der Waals surface area (Å²) in [5.41, 5.74) is 12.9. The first-order chi connectivity index (χ1) is 17.5. The molecule has 4 amide bonds. The number of carboxylic acids is 1. The molecule has 37 heavy (non-hydrogen) atoms. The number of primary amides is 1. The van der Waals surface area contributed by atoms with E-state index in [0.29, 0.717) is 6.42 Å². The summed E-state index contributed by atoms with van der Waals surface area (Å²) in [5, 5.41) is 26.8. The number of aromatic amines is 1. The number of rotatable bonds is 14. The Hall–Kier alpha value is -3.97. The summed E-state index contributed by atoms with van der Waals surface area (Å²) in [6, 6.07) is 2.09. The van der Waals surface area contributed by atoms with Crippen LogP contribution in [0.3, 0.4) is 0 Å². The summed E-state index contributed by atoms with van der Waals surface area (Å²) in [6.45, 7) is 2.52. The Bertz CT molecular complexity index is 1130. The smallest absolute Gasteiger partial charge is 0.326 e. The maximum atomic E-state index is 12.8. The molecule has 10 N–H and O–H groups in total. The van der Waals surface area contributed by atoms with Crippen LogP contribution in [0.25, 0.3) is 10.9 Å². The van der Waals surface area contributed by atoms with Crippen LogP contribution in [0.1, 0.15) is 32.3 Å². The van der Waals surface area contributed by atoms with E-state index >= 15 is 0 Å². The Balaban J connectivity index is 2.08. The van der Waals surface area contributed by atoms with Crippen molar-refractivity contribution in [2.24, 2.45) is 17.4 Å². The molecule has 2 rings (SSSR count). The number of para-hydroxylation sites is 1. The highest BCUT2D eigenvalue weighted by Gasteiger charge is 2.32. The number of carbonyl (C=O) groups is 5. The fourth-order valence-corrected chi connectivity index (χ4v) is 3.72. The van der Waals surface area contributed by atoms with Gasteiger partial charge in [-0.05, 0) is 24.0 Å². The van der Waals surface area contributed by atoms with Crippen LogP contribution in [0.4, 0.5) is 0 Å². The topological polar surface area (TPSA) is 230 Å². The number of fused-ring (bicyclic) bond motifs is 1. The van der Waals surface area contributed by atoms with Crippen molar-refractivity contribution in [1.82, 2.24) is 20.9 Å². The normalized spacial score (nSPS) is 15.1. The average molecular weight is 519 g/mol. The molecule has 0 fully saturated rings. The van der Waals surface area contributed by atoms with E-state index in [1.54, 1.807) is 20.0 Å². The van der Waals surface area contributed by atoms with Gasteiger partial charge in [-0.1, -0.05) is 38.5 Å². The molecule has 13 nitrogen and oxygen atoms in total. The molecule has 1 aromatic carbocycles. The second-order valence-electron chi connectivity index (χ2n) is 8.86. The van der Waals surface area contributed by atoms with E-state index < -0.39 is 72.7 Å². The third-order valence-corrected chi connectivity index (χ3v) is 6.08. The molecule has 1 heterocycles. The number of aliphatic hydroxyl groups excluding tert-OH is 1. The van der Waals surface area contributed by atoms with Crippen LogP contribution < -0.4 is 27.4 Å². The zero-order valence-corrected chi connectivity index (χ0v) is 20.7. The van der Waals surface area contributed by atoms with Gasteiger partial charge in [0.25, 0.3) is 0 Å². The van der Waals surface area contributed by atoms with Crippen molar-refractivity contribution in [3.05, 3.63) is 36.0 Å². The third kappa shape index (κ3) is 8.02. The van der Waals surface area contributed by atoms with E-state index in [2.05, 4.69) is 20.9 Å². The Morgan fingerprint density at radius 3 is 2.22 bits per heavy atom. The maximum absolute atomic E-state index is 12.8. The van der Waals surface area contributed by atoms with Crippen molar-refractivity contribution in [2.45, 2.75) is 57.3 Å². The van der Waals surface area contributed by atoms with Crippen LogP contribution in [0.15, 0.2) is 30.5 Å². The molecule has 13 heteroatoms. The zero-order valence-electron chi connectivity index (χ0n) is 20.7. The summed E-state index contributed by atoms with van der Waals surface area (Å²) < 4.78 is 0. The van der Waals surface area contributed by atoms with Crippen LogP contribution >= 0.6 is 0 Å².